The summed E-state index contributed by atoms with van der Waals surface area (Å²) in [6.07, 6.45) is 0. The fraction of sp³-hybridized carbons (Fsp3) is 0.0714. The topological polar surface area (TPSA) is 43.6 Å². The predicted octanol–water partition coefficient (Wildman–Crippen LogP) is 10.6. The van der Waals surface area contributed by atoms with Gasteiger partial charge in [-0.2, -0.15) is 0 Å². The second-order valence-electron chi connectivity index (χ2n) is 11.8. The number of nitrogens with zero attached hydrogens (tertiary/aromatic N) is 4. The largest absolute Gasteiger partial charge is 0.309 e. The van der Waals surface area contributed by atoms with Crippen LogP contribution < -0.4 is 0 Å². The van der Waals surface area contributed by atoms with Gasteiger partial charge in [0.25, 0.3) is 0 Å². The first-order valence-electron chi connectivity index (χ1n) is 15.6. The molecule has 2 aromatic heterocycles. The number of fused-ring (bicyclic) bond motifs is 3. The van der Waals surface area contributed by atoms with E-state index < -0.39 is 0 Å². The Labute approximate surface area is 268 Å². The molecule has 4 nitrogen and oxygen atoms in total. The van der Waals surface area contributed by atoms with Crippen molar-refractivity contribution in [1.29, 1.82) is 0 Å². The van der Waals surface area contributed by atoms with Crippen molar-refractivity contribution in [3.05, 3.63) is 156 Å². The minimum Gasteiger partial charge on any atom is -0.309 e. The van der Waals surface area contributed by atoms with Crippen LogP contribution in [0.5, 0.6) is 0 Å². The average molecular weight is 593 g/mol. The van der Waals surface area contributed by atoms with E-state index >= 15 is 0 Å². The molecule has 2 heterocycles. The van der Waals surface area contributed by atoms with Gasteiger partial charge in [0, 0.05) is 27.5 Å². The van der Waals surface area contributed by atoms with Crippen molar-refractivity contribution in [2.45, 2.75) is 20.8 Å². The monoisotopic (exact) mass is 592 g/mol. The van der Waals surface area contributed by atoms with Gasteiger partial charge in [0.1, 0.15) is 0 Å². The highest BCUT2D eigenvalue weighted by Gasteiger charge is 2.19. The van der Waals surface area contributed by atoms with Crippen LogP contribution in [-0.4, -0.2) is 19.5 Å². The van der Waals surface area contributed by atoms with Crippen molar-refractivity contribution in [3.63, 3.8) is 0 Å². The molecule has 220 valence electrons. The summed E-state index contributed by atoms with van der Waals surface area (Å²) in [5.74, 6) is 1.98. The maximum atomic E-state index is 4.93. The second kappa shape index (κ2) is 11.2. The summed E-state index contributed by atoms with van der Waals surface area (Å²) in [5.41, 5.74) is 12.7. The van der Waals surface area contributed by atoms with Gasteiger partial charge < -0.3 is 4.57 Å². The summed E-state index contributed by atoms with van der Waals surface area (Å²) in [4.78, 5) is 14.7. The molecule has 0 unspecified atom stereocenters. The van der Waals surface area contributed by atoms with Crippen LogP contribution in [0.2, 0.25) is 0 Å². The molecule has 0 amide bonds. The molecule has 0 saturated heterocycles. The first-order chi connectivity index (χ1) is 22.6. The third-order valence-electron chi connectivity index (χ3n) is 8.87. The summed E-state index contributed by atoms with van der Waals surface area (Å²) in [6.45, 7) is 6.69. The third kappa shape index (κ3) is 4.67. The van der Waals surface area contributed by atoms with Crippen molar-refractivity contribution >= 4 is 21.8 Å². The maximum absolute atomic E-state index is 4.93. The number of aryl methyl sites for hydroxylation is 2. The van der Waals surface area contributed by atoms with Crippen LogP contribution in [0.3, 0.4) is 0 Å². The van der Waals surface area contributed by atoms with E-state index in [1.807, 2.05) is 60.7 Å². The number of benzene rings is 6. The Balaban J connectivity index is 1.26. The molecule has 0 fully saturated rings. The third-order valence-corrected chi connectivity index (χ3v) is 8.87. The molecule has 6 aromatic carbocycles. The lowest BCUT2D eigenvalue weighted by Gasteiger charge is -2.20. The number of hydrogen-bond donors (Lipinski definition) is 0. The van der Waals surface area contributed by atoms with Gasteiger partial charge >= 0.3 is 0 Å². The van der Waals surface area contributed by atoms with Crippen LogP contribution in [0.15, 0.2) is 140 Å². The van der Waals surface area contributed by atoms with Gasteiger partial charge in [-0.1, -0.05) is 127 Å². The highest BCUT2D eigenvalue weighted by atomic mass is 15.0. The Morgan fingerprint density at radius 2 is 0.826 bits per heavy atom. The standard InChI is InChI=1S/C42H32N4/c1-27-26-28(2)39(46-36-20-12-10-18-34(36)35-19-11-13-21-37(35)46)29(3)38(27)30-22-24-33(25-23-30)42-44-40(31-14-6-4-7-15-31)43-41(45-42)32-16-8-5-9-17-32/h4-26H,1-3H3. The summed E-state index contributed by atoms with van der Waals surface area (Å²) in [5, 5.41) is 2.54. The van der Waals surface area contributed by atoms with E-state index in [2.05, 4.69) is 104 Å². The minimum atomic E-state index is 0.655. The Kier molecular flexibility index (Phi) is 6.76. The molecular formula is C42H32N4. The zero-order chi connectivity index (χ0) is 31.2. The second-order valence-corrected chi connectivity index (χ2v) is 11.8. The molecule has 0 aliphatic rings. The van der Waals surface area contributed by atoms with Crippen molar-refractivity contribution in [3.8, 4) is 51.0 Å². The molecule has 0 aliphatic heterocycles. The summed E-state index contributed by atoms with van der Waals surface area (Å²) in [7, 11) is 0. The molecule has 0 N–H and O–H groups in total. The molecule has 8 rings (SSSR count). The lowest BCUT2D eigenvalue weighted by atomic mass is 9.91. The SMILES string of the molecule is Cc1cc(C)c(-n2c3ccccc3c3ccccc32)c(C)c1-c1ccc(-c2nc(-c3ccccc3)nc(-c3ccccc3)n2)cc1. The highest BCUT2D eigenvalue weighted by Crippen LogP contribution is 2.39. The highest BCUT2D eigenvalue weighted by molar-refractivity contribution is 6.09. The van der Waals surface area contributed by atoms with E-state index in [4.69, 9.17) is 15.0 Å². The lowest BCUT2D eigenvalue weighted by Crippen LogP contribution is -2.03. The Bertz CT molecular complexity index is 2260. The van der Waals surface area contributed by atoms with E-state index in [9.17, 15) is 0 Å². The molecular weight excluding hydrogens is 560 g/mol. The Hall–Kier alpha value is -5.87. The van der Waals surface area contributed by atoms with Crippen LogP contribution in [0.25, 0.3) is 72.8 Å². The summed E-state index contributed by atoms with van der Waals surface area (Å²) >= 11 is 0. The first kappa shape index (κ1) is 27.7. The Morgan fingerprint density at radius 1 is 0.413 bits per heavy atom. The van der Waals surface area contributed by atoms with Crippen LogP contribution in [0.4, 0.5) is 0 Å². The fourth-order valence-electron chi connectivity index (χ4n) is 6.85. The van der Waals surface area contributed by atoms with Crippen LogP contribution in [0, 0.1) is 20.8 Å². The maximum Gasteiger partial charge on any atom is 0.164 e. The average Bonchev–Trinajstić information content (AvgIpc) is 3.43. The van der Waals surface area contributed by atoms with Gasteiger partial charge in [-0.3, -0.25) is 0 Å². The van der Waals surface area contributed by atoms with Crippen molar-refractivity contribution in [2.75, 3.05) is 0 Å². The fourth-order valence-corrected chi connectivity index (χ4v) is 6.85. The summed E-state index contributed by atoms with van der Waals surface area (Å²) < 4.78 is 2.44. The molecule has 4 heteroatoms. The zero-order valence-corrected chi connectivity index (χ0v) is 26.1. The molecule has 0 atom stereocenters. The van der Waals surface area contributed by atoms with Crippen molar-refractivity contribution in [2.24, 2.45) is 0 Å². The smallest absolute Gasteiger partial charge is 0.164 e. The number of aromatic nitrogens is 4. The van der Waals surface area contributed by atoms with Gasteiger partial charge in [-0.15, -0.1) is 0 Å². The van der Waals surface area contributed by atoms with E-state index in [1.165, 1.54) is 55.3 Å². The van der Waals surface area contributed by atoms with Gasteiger partial charge in [-0.05, 0) is 60.7 Å². The molecule has 46 heavy (non-hydrogen) atoms. The zero-order valence-electron chi connectivity index (χ0n) is 26.1. The normalized spacial score (nSPS) is 11.4. The quantitative estimate of drug-likeness (QED) is 0.200. The molecule has 0 bridgehead atoms. The van der Waals surface area contributed by atoms with Crippen molar-refractivity contribution < 1.29 is 0 Å². The van der Waals surface area contributed by atoms with Gasteiger partial charge in [0.05, 0.1) is 16.7 Å². The molecule has 0 radical (unpaired) electrons. The van der Waals surface area contributed by atoms with E-state index in [0.717, 1.165) is 16.7 Å². The first-order valence-corrected chi connectivity index (χ1v) is 15.6. The number of para-hydroxylation sites is 2. The molecule has 0 saturated carbocycles. The minimum absolute atomic E-state index is 0.655. The molecule has 0 spiro atoms. The van der Waals surface area contributed by atoms with Crippen LogP contribution >= 0.6 is 0 Å². The van der Waals surface area contributed by atoms with E-state index in [1.54, 1.807) is 0 Å². The number of hydrogen-bond acceptors (Lipinski definition) is 3. The van der Waals surface area contributed by atoms with E-state index in [0.29, 0.717) is 17.5 Å². The molecule has 0 aliphatic carbocycles. The Morgan fingerprint density at radius 3 is 1.33 bits per heavy atom. The van der Waals surface area contributed by atoms with Crippen LogP contribution in [-0.2, 0) is 0 Å². The van der Waals surface area contributed by atoms with Gasteiger partial charge in [-0.25, -0.2) is 15.0 Å². The van der Waals surface area contributed by atoms with Crippen molar-refractivity contribution in [1.82, 2.24) is 19.5 Å². The predicted molar refractivity (Wildman–Crippen MR) is 190 cm³/mol. The van der Waals surface area contributed by atoms with E-state index in [-0.39, 0.29) is 0 Å². The summed E-state index contributed by atoms with van der Waals surface area (Å²) in [6, 6.07) is 48.6. The van der Waals surface area contributed by atoms with Crippen LogP contribution in [0.1, 0.15) is 16.7 Å². The number of rotatable bonds is 5. The van der Waals surface area contributed by atoms with Gasteiger partial charge in [0.2, 0.25) is 0 Å². The van der Waals surface area contributed by atoms with Gasteiger partial charge in [0.15, 0.2) is 17.5 Å². The molecule has 8 aromatic rings. The lowest BCUT2D eigenvalue weighted by molar-refractivity contribution is 1.07.